The topological polar surface area (TPSA) is 77.5 Å². The number of nitrogens with zero attached hydrogens (tertiary/aromatic N) is 1. The van der Waals surface area contributed by atoms with E-state index in [9.17, 15) is 18.1 Å². The van der Waals surface area contributed by atoms with E-state index in [4.69, 9.17) is 20.5 Å². The average Bonchev–Trinajstić information content (AvgIpc) is 2.70. The van der Waals surface area contributed by atoms with Gasteiger partial charge >= 0.3 is 12.8 Å². The van der Waals surface area contributed by atoms with E-state index in [1.807, 2.05) is 6.07 Å². The minimum Gasteiger partial charge on any atom is -0.460 e. The highest BCUT2D eigenvalue weighted by Gasteiger charge is 2.33. The molecule has 3 rings (SSSR count). The fourth-order valence-corrected chi connectivity index (χ4v) is 4.52. The van der Waals surface area contributed by atoms with Gasteiger partial charge in [-0.25, -0.2) is 18.4 Å². The van der Waals surface area contributed by atoms with Gasteiger partial charge in [-0.2, -0.15) is 0 Å². The van der Waals surface area contributed by atoms with Crippen molar-refractivity contribution in [3.8, 4) is 5.75 Å². The first-order chi connectivity index (χ1) is 14.6. The van der Waals surface area contributed by atoms with Crippen LogP contribution >= 0.6 is 18.1 Å². The van der Waals surface area contributed by atoms with Crippen LogP contribution in [0.1, 0.15) is 19.4 Å². The molecule has 0 amide bonds. The molecule has 2 atom stereocenters. The molecule has 1 unspecified atom stereocenters. The van der Waals surface area contributed by atoms with Crippen molar-refractivity contribution in [2.75, 3.05) is 0 Å². The summed E-state index contributed by atoms with van der Waals surface area (Å²) in [5, 5.41) is 3.27. The fraction of sp³-hybridized carbons (Fsp3) is 0.238. The van der Waals surface area contributed by atoms with E-state index in [2.05, 4.69) is 10.1 Å². The van der Waals surface area contributed by atoms with E-state index in [0.717, 1.165) is 17.0 Å². The molecule has 1 aromatic heterocycles. The number of carbonyl (C=O) groups excluding carboxylic acids is 1. The van der Waals surface area contributed by atoms with Crippen LogP contribution in [0.4, 0.5) is 8.78 Å². The van der Waals surface area contributed by atoms with Crippen molar-refractivity contribution < 1.29 is 27.4 Å². The maximum absolute atomic E-state index is 13.7. The van der Waals surface area contributed by atoms with E-state index in [-0.39, 0.29) is 17.2 Å². The van der Waals surface area contributed by atoms with Crippen molar-refractivity contribution in [3.63, 3.8) is 0 Å². The lowest BCUT2D eigenvalue weighted by atomic mass is 10.1. The van der Waals surface area contributed by atoms with E-state index in [1.165, 1.54) is 6.07 Å². The van der Waals surface area contributed by atoms with E-state index in [1.54, 1.807) is 44.3 Å². The van der Waals surface area contributed by atoms with Gasteiger partial charge < -0.3 is 9.26 Å². The highest BCUT2D eigenvalue weighted by Crippen LogP contribution is 2.49. The third kappa shape index (κ3) is 6.23. The smallest absolute Gasteiger partial charge is 0.409 e. The first-order valence-electron chi connectivity index (χ1n) is 9.37. The van der Waals surface area contributed by atoms with Crippen LogP contribution in [0.3, 0.4) is 0 Å². The number of aromatic nitrogens is 1. The molecule has 0 saturated carbocycles. The van der Waals surface area contributed by atoms with Gasteiger partial charge in [0.15, 0.2) is 0 Å². The Morgan fingerprint density at radius 2 is 1.97 bits per heavy atom. The first-order valence-corrected chi connectivity index (χ1v) is 11.9. The lowest BCUT2D eigenvalue weighted by molar-refractivity contribution is -0.148. The molecule has 0 radical (unpaired) electrons. The van der Waals surface area contributed by atoms with Crippen LogP contribution < -0.4 is 9.61 Å². The van der Waals surface area contributed by atoms with Gasteiger partial charge in [0.2, 0.25) is 0 Å². The molecule has 10 heteroatoms. The number of nitrogens with one attached hydrogen (secondary N) is 1. The lowest BCUT2D eigenvalue weighted by Crippen LogP contribution is -2.40. The van der Waals surface area contributed by atoms with Crippen LogP contribution in [0, 0.1) is 17.6 Å². The van der Waals surface area contributed by atoms with E-state index < -0.39 is 37.1 Å². The van der Waals surface area contributed by atoms with Crippen molar-refractivity contribution in [2.24, 2.45) is 5.92 Å². The van der Waals surface area contributed by atoms with Gasteiger partial charge in [-0.05, 0) is 42.3 Å². The summed E-state index contributed by atoms with van der Waals surface area (Å²) in [5.74, 6) is -2.51. The Morgan fingerprint density at radius 1 is 1.19 bits per heavy atom. The van der Waals surface area contributed by atoms with Crippen LogP contribution in [-0.2, 0) is 20.7 Å². The summed E-state index contributed by atoms with van der Waals surface area (Å²) in [7, 11) is 0. The normalized spacial score (nSPS) is 14.3. The number of fused-ring (bicyclic) bond motifs is 1. The summed E-state index contributed by atoms with van der Waals surface area (Å²) in [6.07, 6.45) is 1.65. The van der Waals surface area contributed by atoms with Crippen molar-refractivity contribution in [2.45, 2.75) is 26.5 Å². The number of pyridine rings is 1. The summed E-state index contributed by atoms with van der Waals surface area (Å²) in [5.41, 5.74) is 0.733. The predicted octanol–water partition coefficient (Wildman–Crippen LogP) is 5.60. The predicted molar refractivity (Wildman–Crippen MR) is 114 cm³/mol. The van der Waals surface area contributed by atoms with Crippen molar-refractivity contribution in [1.82, 2.24) is 10.1 Å². The second kappa shape index (κ2) is 9.73. The summed E-state index contributed by atoms with van der Waals surface area (Å²) in [4.78, 5) is 16.7. The van der Waals surface area contributed by atoms with Gasteiger partial charge in [0.05, 0.1) is 5.52 Å². The molecule has 0 spiro atoms. The molecule has 164 valence electrons. The average molecular weight is 469 g/mol. The maximum Gasteiger partial charge on any atom is 0.409 e. The number of hydrogen-bond acceptors (Lipinski definition) is 5. The molecule has 1 N–H and O–H groups in total. The maximum atomic E-state index is 13.7. The van der Waals surface area contributed by atoms with Crippen molar-refractivity contribution in [1.29, 1.82) is 0 Å². The van der Waals surface area contributed by atoms with Crippen LogP contribution in [-0.4, -0.2) is 17.0 Å². The number of benzene rings is 2. The second-order valence-corrected chi connectivity index (χ2v) is 9.86. The summed E-state index contributed by atoms with van der Waals surface area (Å²) < 4.78 is 50.1. The number of rotatable bonds is 8. The molecule has 3 aromatic rings. The van der Waals surface area contributed by atoms with Crippen LogP contribution in [0.5, 0.6) is 5.75 Å². The molecule has 0 aliphatic carbocycles. The van der Waals surface area contributed by atoms with Gasteiger partial charge in [-0.3, -0.25) is 9.78 Å². The summed E-state index contributed by atoms with van der Waals surface area (Å²) >= 11 is 6.06. The SMILES string of the molecule is CC(C)[C@H](NP(=O)(Cl)Oc1ccc2ncccc2c1)C(=O)OCc1ccc(F)cc1F. The quantitative estimate of drug-likeness (QED) is 0.343. The molecular weight excluding hydrogens is 449 g/mol. The number of hydrogen-bond donors (Lipinski definition) is 1. The minimum absolute atomic E-state index is 0.00679. The Hall–Kier alpha value is -2.54. The molecule has 0 fully saturated rings. The van der Waals surface area contributed by atoms with Crippen LogP contribution in [0.2, 0.25) is 0 Å². The monoisotopic (exact) mass is 468 g/mol. The highest BCUT2D eigenvalue weighted by molar-refractivity contribution is 7.84. The largest absolute Gasteiger partial charge is 0.460 e. The molecule has 0 aliphatic rings. The number of halogens is 3. The minimum atomic E-state index is -3.99. The molecular formula is C21H20ClF2N2O4P. The number of carbonyl (C=O) groups is 1. The molecule has 0 saturated heterocycles. The number of esters is 1. The Morgan fingerprint density at radius 3 is 2.68 bits per heavy atom. The Labute approximate surface area is 182 Å². The van der Waals surface area contributed by atoms with Gasteiger partial charge in [-0.1, -0.05) is 19.9 Å². The van der Waals surface area contributed by atoms with E-state index in [0.29, 0.717) is 6.07 Å². The molecule has 2 aromatic carbocycles. The Bertz CT molecular complexity index is 1150. The summed E-state index contributed by atoms with van der Waals surface area (Å²) in [6, 6.07) is 10.3. The van der Waals surface area contributed by atoms with Crippen LogP contribution in [0.15, 0.2) is 54.7 Å². The Kier molecular flexibility index (Phi) is 7.26. The number of ether oxygens (including phenoxy) is 1. The highest BCUT2D eigenvalue weighted by atomic mass is 35.7. The van der Waals surface area contributed by atoms with Crippen LogP contribution in [0.25, 0.3) is 10.9 Å². The van der Waals surface area contributed by atoms with Gasteiger partial charge in [0, 0.05) is 34.5 Å². The van der Waals surface area contributed by atoms with Gasteiger partial charge in [-0.15, -0.1) is 0 Å². The molecule has 0 bridgehead atoms. The molecule has 1 heterocycles. The summed E-state index contributed by atoms with van der Waals surface area (Å²) in [6.45, 7) is -1.03. The zero-order valence-corrected chi connectivity index (χ0v) is 18.4. The zero-order valence-electron chi connectivity index (χ0n) is 16.7. The second-order valence-electron chi connectivity index (χ2n) is 7.12. The lowest BCUT2D eigenvalue weighted by Gasteiger charge is -2.23. The van der Waals surface area contributed by atoms with Crippen molar-refractivity contribution in [3.05, 3.63) is 71.9 Å². The van der Waals surface area contributed by atoms with Gasteiger partial charge in [0.25, 0.3) is 0 Å². The fourth-order valence-electron chi connectivity index (χ4n) is 2.79. The van der Waals surface area contributed by atoms with Gasteiger partial charge in [0.1, 0.15) is 30.0 Å². The molecule has 0 aliphatic heterocycles. The molecule has 31 heavy (non-hydrogen) atoms. The van der Waals surface area contributed by atoms with Crippen molar-refractivity contribution >= 4 is 35.0 Å². The van der Waals surface area contributed by atoms with E-state index >= 15 is 0 Å². The molecule has 6 nitrogen and oxygen atoms in total. The standard InChI is InChI=1S/C21H20ClF2N2O4P/c1-13(2)20(21(27)29-12-15-5-6-16(23)11-18(15)24)26-31(22,28)30-17-7-8-19-14(10-17)4-3-9-25-19/h3-11,13,20H,12H2,1-2H3,(H,26,28)/t20-,31?/m0/s1. The third-order valence-electron chi connectivity index (χ3n) is 4.40. The first kappa shape index (κ1) is 23.1. The third-order valence-corrected chi connectivity index (χ3v) is 5.93. The zero-order chi connectivity index (χ0) is 22.6. The Balaban J connectivity index is 1.68.